The van der Waals surface area contributed by atoms with Crippen molar-refractivity contribution in [1.82, 2.24) is 0 Å². The van der Waals surface area contributed by atoms with E-state index in [1.165, 1.54) is 0 Å². The topological polar surface area (TPSA) is 48.4 Å². The first-order chi connectivity index (χ1) is 13.3. The summed E-state index contributed by atoms with van der Waals surface area (Å²) in [6, 6.07) is 20.2. The van der Waals surface area contributed by atoms with Gasteiger partial charge in [0.25, 0.3) is 0 Å². The maximum Gasteiger partial charge on any atom is 0.169 e. The average molecular weight is 361 g/mol. The van der Waals surface area contributed by atoms with Crippen LogP contribution in [0.2, 0.25) is 0 Å². The first kappa shape index (κ1) is 18.7. The maximum atomic E-state index is 5.98. The van der Waals surface area contributed by atoms with Crippen molar-refractivity contribution in [3.8, 4) is 11.5 Å². The van der Waals surface area contributed by atoms with Crippen LogP contribution < -0.4 is 19.8 Å². The Morgan fingerprint density at radius 3 is 2.33 bits per heavy atom. The van der Waals surface area contributed by atoms with Crippen molar-refractivity contribution >= 4 is 12.2 Å². The Kier molecular flexibility index (Phi) is 6.61. The smallest absolute Gasteiger partial charge is 0.169 e. The van der Waals surface area contributed by atoms with Crippen LogP contribution in [0.3, 0.4) is 0 Å². The second-order valence-corrected chi connectivity index (χ2v) is 6.18. The molecular weight excluding hydrogens is 336 g/mol. The number of methoxy groups -OCH3 is 1. The van der Waals surface area contributed by atoms with E-state index in [1.54, 1.807) is 7.11 Å². The van der Waals surface area contributed by atoms with E-state index in [0.29, 0.717) is 13.2 Å². The number of aromatic nitrogens is 1. The van der Waals surface area contributed by atoms with Crippen LogP contribution in [-0.4, -0.2) is 13.7 Å². The van der Waals surface area contributed by atoms with Crippen LogP contribution in [0.1, 0.15) is 16.7 Å². The summed E-state index contributed by atoms with van der Waals surface area (Å²) < 4.78 is 13.5. The number of nitrogens with zero attached hydrogens (tertiary/aromatic N) is 1. The van der Waals surface area contributed by atoms with Gasteiger partial charge < -0.3 is 15.2 Å². The zero-order valence-electron chi connectivity index (χ0n) is 15.5. The van der Waals surface area contributed by atoms with Crippen molar-refractivity contribution < 1.29 is 14.0 Å². The van der Waals surface area contributed by atoms with Crippen molar-refractivity contribution in [3.05, 3.63) is 89.7 Å². The van der Waals surface area contributed by atoms with E-state index in [9.17, 15) is 0 Å². The van der Waals surface area contributed by atoms with E-state index in [2.05, 4.69) is 28.9 Å². The monoisotopic (exact) mass is 361 g/mol. The summed E-state index contributed by atoms with van der Waals surface area (Å²) in [5, 5.41) is 0. The van der Waals surface area contributed by atoms with Crippen molar-refractivity contribution in [2.24, 2.45) is 5.73 Å². The number of benzene rings is 2. The largest absolute Gasteiger partial charge is 0.493 e. The highest BCUT2D eigenvalue weighted by Crippen LogP contribution is 2.29. The highest BCUT2D eigenvalue weighted by Gasteiger charge is 2.05. The molecule has 0 aliphatic rings. The Morgan fingerprint density at radius 1 is 0.889 bits per heavy atom. The lowest BCUT2D eigenvalue weighted by molar-refractivity contribution is -0.694. The molecular formula is C23H25N2O2+. The Morgan fingerprint density at radius 2 is 1.63 bits per heavy atom. The molecule has 0 bridgehead atoms. The number of hydrogen-bond acceptors (Lipinski definition) is 3. The predicted octanol–water partition coefficient (Wildman–Crippen LogP) is 3.69. The van der Waals surface area contributed by atoms with Crippen molar-refractivity contribution in [1.29, 1.82) is 0 Å². The normalized spacial score (nSPS) is 10.9. The second-order valence-electron chi connectivity index (χ2n) is 6.18. The van der Waals surface area contributed by atoms with Crippen LogP contribution in [0.15, 0.2) is 73.1 Å². The molecule has 4 heteroatoms. The summed E-state index contributed by atoms with van der Waals surface area (Å²) in [6.45, 7) is 1.96. The molecule has 0 saturated heterocycles. The van der Waals surface area contributed by atoms with E-state index >= 15 is 0 Å². The van der Waals surface area contributed by atoms with Crippen LogP contribution in [0.25, 0.3) is 12.2 Å². The first-order valence-electron chi connectivity index (χ1n) is 9.00. The van der Waals surface area contributed by atoms with Gasteiger partial charge in [-0.05, 0) is 28.8 Å². The van der Waals surface area contributed by atoms with E-state index < -0.39 is 0 Å². The van der Waals surface area contributed by atoms with E-state index in [-0.39, 0.29) is 0 Å². The molecule has 2 aromatic carbocycles. The third-order valence-electron chi connectivity index (χ3n) is 4.20. The lowest BCUT2D eigenvalue weighted by atomic mass is 10.1. The zero-order valence-corrected chi connectivity index (χ0v) is 15.5. The highest BCUT2D eigenvalue weighted by molar-refractivity contribution is 5.70. The van der Waals surface area contributed by atoms with Gasteiger partial charge >= 0.3 is 0 Å². The third kappa shape index (κ3) is 5.43. The van der Waals surface area contributed by atoms with Crippen LogP contribution >= 0.6 is 0 Å². The summed E-state index contributed by atoms with van der Waals surface area (Å²) >= 11 is 0. The van der Waals surface area contributed by atoms with E-state index in [1.807, 2.05) is 60.9 Å². The minimum absolute atomic E-state index is 0.504. The van der Waals surface area contributed by atoms with Crippen molar-refractivity contribution in [2.45, 2.75) is 13.2 Å². The summed E-state index contributed by atoms with van der Waals surface area (Å²) in [7, 11) is 1.65. The number of nitrogens with two attached hydrogens (primary N) is 1. The lowest BCUT2D eigenvalue weighted by Gasteiger charge is -2.11. The maximum absolute atomic E-state index is 5.98. The molecule has 3 rings (SSSR count). The van der Waals surface area contributed by atoms with Gasteiger partial charge in [0, 0.05) is 12.1 Å². The standard InChI is InChI=1S/C23H25N2O2/c1-26-22-10-9-20(8-7-19-11-14-25(15-12-19)16-13-24)17-23(22)27-18-21-5-3-2-4-6-21/h2-12,14-15,17H,13,16,18,24H2,1H3/q+1/b8-7+. The molecule has 2 N–H and O–H groups in total. The van der Waals surface area contributed by atoms with Gasteiger partial charge in [0.05, 0.1) is 13.7 Å². The fourth-order valence-corrected chi connectivity index (χ4v) is 2.72. The predicted molar refractivity (Wildman–Crippen MR) is 108 cm³/mol. The van der Waals surface area contributed by atoms with Crippen molar-refractivity contribution in [2.75, 3.05) is 13.7 Å². The molecule has 0 aliphatic heterocycles. The zero-order chi connectivity index (χ0) is 18.9. The Balaban J connectivity index is 1.71. The number of ether oxygens (including phenoxy) is 2. The van der Waals surface area contributed by atoms with Gasteiger partial charge in [-0.3, -0.25) is 0 Å². The molecule has 0 radical (unpaired) electrons. The molecule has 0 amide bonds. The molecule has 138 valence electrons. The molecule has 0 unspecified atom stereocenters. The number of rotatable bonds is 8. The summed E-state index contributed by atoms with van der Waals surface area (Å²) in [6.07, 6.45) is 8.22. The molecule has 3 aromatic rings. The minimum Gasteiger partial charge on any atom is -0.493 e. The molecule has 0 aliphatic carbocycles. The van der Waals surface area contributed by atoms with Gasteiger partial charge in [0.2, 0.25) is 0 Å². The van der Waals surface area contributed by atoms with Crippen LogP contribution in [0.4, 0.5) is 0 Å². The molecule has 0 saturated carbocycles. The summed E-state index contributed by atoms with van der Waals surface area (Å²) in [5.41, 5.74) is 8.88. The van der Waals surface area contributed by atoms with Gasteiger partial charge in [-0.1, -0.05) is 48.6 Å². The van der Waals surface area contributed by atoms with Gasteiger partial charge in [-0.25, -0.2) is 4.57 Å². The molecule has 0 spiro atoms. The average Bonchev–Trinajstić information content (AvgIpc) is 2.73. The number of hydrogen-bond donors (Lipinski definition) is 1. The quantitative estimate of drug-likeness (QED) is 0.623. The number of pyridine rings is 1. The fraction of sp³-hybridized carbons (Fsp3) is 0.174. The molecule has 0 fully saturated rings. The lowest BCUT2D eigenvalue weighted by Crippen LogP contribution is -2.36. The Hall–Kier alpha value is -3.11. The van der Waals surface area contributed by atoms with Gasteiger partial charge in [0.15, 0.2) is 30.4 Å². The molecule has 4 nitrogen and oxygen atoms in total. The van der Waals surface area contributed by atoms with Gasteiger partial charge in [-0.15, -0.1) is 0 Å². The van der Waals surface area contributed by atoms with Crippen molar-refractivity contribution in [3.63, 3.8) is 0 Å². The summed E-state index contributed by atoms with van der Waals surface area (Å²) in [4.78, 5) is 0. The Bertz CT molecular complexity index is 875. The van der Waals surface area contributed by atoms with E-state index in [0.717, 1.165) is 34.7 Å². The third-order valence-corrected chi connectivity index (χ3v) is 4.20. The SMILES string of the molecule is COc1ccc(/C=C/c2cc[n+](CCN)cc2)cc1OCc1ccccc1. The molecule has 1 aromatic heterocycles. The van der Waals surface area contributed by atoms with Gasteiger partial charge in [-0.2, -0.15) is 0 Å². The van der Waals surface area contributed by atoms with Gasteiger partial charge in [0.1, 0.15) is 6.61 Å². The minimum atomic E-state index is 0.504. The molecule has 0 atom stereocenters. The van der Waals surface area contributed by atoms with Crippen LogP contribution in [-0.2, 0) is 13.2 Å². The first-order valence-corrected chi connectivity index (χ1v) is 9.00. The fourth-order valence-electron chi connectivity index (χ4n) is 2.72. The highest BCUT2D eigenvalue weighted by atomic mass is 16.5. The summed E-state index contributed by atoms with van der Waals surface area (Å²) in [5.74, 6) is 1.46. The van der Waals surface area contributed by atoms with E-state index in [4.69, 9.17) is 15.2 Å². The second kappa shape index (κ2) is 9.55. The molecule has 27 heavy (non-hydrogen) atoms. The Labute approximate surface area is 160 Å². The van der Waals surface area contributed by atoms with Crippen LogP contribution in [0, 0.1) is 0 Å². The molecule has 1 heterocycles. The van der Waals surface area contributed by atoms with Crippen LogP contribution in [0.5, 0.6) is 11.5 Å².